The third-order valence-electron chi connectivity index (χ3n) is 1.87. The van der Waals surface area contributed by atoms with Crippen molar-refractivity contribution in [2.75, 3.05) is 7.11 Å². The summed E-state index contributed by atoms with van der Waals surface area (Å²) in [7, 11) is 1.63. The van der Waals surface area contributed by atoms with Crippen molar-refractivity contribution in [3.05, 3.63) is 33.2 Å². The monoisotopic (exact) mass is 303 g/mol. The van der Waals surface area contributed by atoms with Crippen molar-refractivity contribution in [2.24, 2.45) is 0 Å². The molecule has 0 amide bonds. The first-order valence-electron chi connectivity index (χ1n) is 4.15. The highest BCUT2D eigenvalue weighted by Crippen LogP contribution is 2.35. The van der Waals surface area contributed by atoms with Crippen molar-refractivity contribution >= 4 is 38.9 Å². The molecular weight excluding hydrogens is 298 g/mol. The lowest BCUT2D eigenvalue weighted by Crippen LogP contribution is -1.87. The molecule has 1 aromatic heterocycles. The number of aromatic nitrogens is 1. The summed E-state index contributed by atoms with van der Waals surface area (Å²) < 4.78 is 6.08. The smallest absolute Gasteiger partial charge is 0.129 e. The number of hydrogen-bond acceptors (Lipinski definition) is 3. The van der Waals surface area contributed by atoms with Crippen molar-refractivity contribution in [2.45, 2.75) is 0 Å². The zero-order chi connectivity index (χ0) is 10.8. The Balaban J connectivity index is 2.55. The zero-order valence-corrected chi connectivity index (χ0v) is 11.0. The van der Waals surface area contributed by atoms with Gasteiger partial charge in [0, 0.05) is 10.4 Å². The normalized spacial score (nSPS) is 10.3. The summed E-state index contributed by atoms with van der Waals surface area (Å²) in [5, 5.41) is 3.49. The van der Waals surface area contributed by atoms with Crippen LogP contribution < -0.4 is 4.74 Å². The first kappa shape index (κ1) is 10.9. The van der Waals surface area contributed by atoms with E-state index in [0.717, 1.165) is 20.9 Å². The van der Waals surface area contributed by atoms with E-state index in [1.807, 2.05) is 17.5 Å². The van der Waals surface area contributed by atoms with E-state index < -0.39 is 0 Å². The van der Waals surface area contributed by atoms with Gasteiger partial charge in [-0.1, -0.05) is 11.6 Å². The fourth-order valence-electron chi connectivity index (χ4n) is 1.23. The Labute approximate surface area is 105 Å². The van der Waals surface area contributed by atoms with Crippen LogP contribution in [0.1, 0.15) is 0 Å². The third kappa shape index (κ3) is 2.33. The highest BCUT2D eigenvalue weighted by molar-refractivity contribution is 9.10. The first-order valence-corrected chi connectivity index (χ1v) is 6.20. The maximum absolute atomic E-state index is 5.94. The predicted octanol–water partition coefficient (Wildman–Crippen LogP) is 4.23. The van der Waals surface area contributed by atoms with Gasteiger partial charge in [-0.2, -0.15) is 0 Å². The van der Waals surface area contributed by atoms with Gasteiger partial charge in [0.2, 0.25) is 0 Å². The molecule has 2 aromatic rings. The lowest BCUT2D eigenvalue weighted by molar-refractivity contribution is 0.416. The zero-order valence-electron chi connectivity index (χ0n) is 7.83. The maximum atomic E-state index is 5.94. The van der Waals surface area contributed by atoms with Crippen molar-refractivity contribution in [1.29, 1.82) is 0 Å². The van der Waals surface area contributed by atoms with Gasteiger partial charge in [-0.25, -0.2) is 4.98 Å². The molecule has 2 rings (SSSR count). The van der Waals surface area contributed by atoms with Gasteiger partial charge in [-0.15, -0.1) is 11.3 Å². The molecule has 0 saturated carbocycles. The Kier molecular flexibility index (Phi) is 3.29. The highest BCUT2D eigenvalue weighted by atomic mass is 79.9. The van der Waals surface area contributed by atoms with E-state index in [1.165, 1.54) is 0 Å². The molecule has 1 aromatic carbocycles. The average Bonchev–Trinajstić information content (AvgIpc) is 2.65. The van der Waals surface area contributed by atoms with Crippen LogP contribution in [-0.2, 0) is 0 Å². The van der Waals surface area contributed by atoms with Crippen LogP contribution in [0.3, 0.4) is 0 Å². The molecule has 0 bridgehead atoms. The predicted molar refractivity (Wildman–Crippen MR) is 66.8 cm³/mol. The van der Waals surface area contributed by atoms with E-state index in [2.05, 4.69) is 20.9 Å². The summed E-state index contributed by atoms with van der Waals surface area (Å²) in [5.74, 6) is 0.779. The molecule has 0 fully saturated rings. The van der Waals surface area contributed by atoms with Crippen molar-refractivity contribution in [3.63, 3.8) is 0 Å². The fraction of sp³-hybridized carbons (Fsp3) is 0.100. The van der Waals surface area contributed by atoms with Crippen LogP contribution in [0.15, 0.2) is 28.2 Å². The van der Waals surface area contributed by atoms with Gasteiger partial charge >= 0.3 is 0 Å². The summed E-state index contributed by atoms with van der Waals surface area (Å²) in [5.41, 5.74) is 0.917. The van der Waals surface area contributed by atoms with E-state index in [1.54, 1.807) is 24.5 Å². The van der Waals surface area contributed by atoms with E-state index in [-0.39, 0.29) is 0 Å². The van der Waals surface area contributed by atoms with Gasteiger partial charge in [0.25, 0.3) is 0 Å². The fourth-order valence-corrected chi connectivity index (χ4v) is 2.67. The molecule has 0 N–H and O–H groups in total. The molecule has 5 heteroatoms. The number of hydrogen-bond donors (Lipinski definition) is 0. The molecule has 1 heterocycles. The molecule has 0 saturated heterocycles. The van der Waals surface area contributed by atoms with E-state index in [9.17, 15) is 0 Å². The molecule has 15 heavy (non-hydrogen) atoms. The van der Waals surface area contributed by atoms with Gasteiger partial charge in [0.15, 0.2) is 0 Å². The van der Waals surface area contributed by atoms with Crippen molar-refractivity contribution in [1.82, 2.24) is 4.98 Å². The van der Waals surface area contributed by atoms with E-state index in [0.29, 0.717) is 5.02 Å². The molecule has 0 unspecified atom stereocenters. The SMILES string of the molecule is COc1ccc(Cl)cc1-c1nc(Br)cs1. The molecule has 78 valence electrons. The standard InChI is InChI=1S/C10H7BrClNOS/c1-14-8-3-2-6(12)4-7(8)10-13-9(11)5-15-10/h2-5H,1H3. The Bertz CT molecular complexity index is 486. The van der Waals surface area contributed by atoms with Crippen LogP contribution in [0.4, 0.5) is 0 Å². The molecule has 0 radical (unpaired) electrons. The Morgan fingerprint density at radius 3 is 2.87 bits per heavy atom. The Hall–Kier alpha value is -0.580. The number of halogens is 2. The lowest BCUT2D eigenvalue weighted by atomic mass is 10.2. The lowest BCUT2D eigenvalue weighted by Gasteiger charge is -2.05. The van der Waals surface area contributed by atoms with Crippen LogP contribution in [0.25, 0.3) is 10.6 Å². The number of thiazole rings is 1. The molecular formula is C10H7BrClNOS. The molecule has 0 spiro atoms. The highest BCUT2D eigenvalue weighted by Gasteiger charge is 2.10. The van der Waals surface area contributed by atoms with Crippen molar-refractivity contribution < 1.29 is 4.74 Å². The number of nitrogens with zero attached hydrogens (tertiary/aromatic N) is 1. The van der Waals surface area contributed by atoms with Crippen LogP contribution in [0.5, 0.6) is 5.75 Å². The molecule has 0 aliphatic heterocycles. The van der Waals surface area contributed by atoms with Crippen LogP contribution in [0, 0.1) is 0 Å². The first-order chi connectivity index (χ1) is 7.20. The molecule has 0 atom stereocenters. The average molecular weight is 305 g/mol. The second kappa shape index (κ2) is 4.51. The van der Waals surface area contributed by atoms with Gasteiger partial charge in [0.1, 0.15) is 15.4 Å². The summed E-state index contributed by atoms with van der Waals surface area (Å²) >= 11 is 10.8. The number of methoxy groups -OCH3 is 1. The van der Waals surface area contributed by atoms with E-state index in [4.69, 9.17) is 16.3 Å². The van der Waals surface area contributed by atoms with Crippen LogP contribution >= 0.6 is 38.9 Å². The number of benzene rings is 1. The molecule has 0 aliphatic carbocycles. The quantitative estimate of drug-likeness (QED) is 0.828. The summed E-state index contributed by atoms with van der Waals surface area (Å²) in [6.45, 7) is 0. The maximum Gasteiger partial charge on any atom is 0.129 e. The second-order valence-electron chi connectivity index (χ2n) is 2.82. The topological polar surface area (TPSA) is 22.1 Å². The van der Waals surface area contributed by atoms with Crippen LogP contribution in [0.2, 0.25) is 5.02 Å². The Morgan fingerprint density at radius 1 is 1.47 bits per heavy atom. The summed E-state index contributed by atoms with van der Waals surface area (Å²) in [4.78, 5) is 4.33. The van der Waals surface area contributed by atoms with Gasteiger partial charge in [-0.05, 0) is 34.1 Å². The largest absolute Gasteiger partial charge is 0.496 e. The van der Waals surface area contributed by atoms with Crippen LogP contribution in [-0.4, -0.2) is 12.1 Å². The van der Waals surface area contributed by atoms with E-state index >= 15 is 0 Å². The number of rotatable bonds is 2. The minimum atomic E-state index is 0.678. The number of ether oxygens (including phenoxy) is 1. The van der Waals surface area contributed by atoms with Gasteiger partial charge < -0.3 is 4.74 Å². The van der Waals surface area contributed by atoms with Gasteiger partial charge in [-0.3, -0.25) is 0 Å². The minimum absolute atomic E-state index is 0.678. The van der Waals surface area contributed by atoms with Gasteiger partial charge in [0.05, 0.1) is 12.7 Å². The Morgan fingerprint density at radius 2 is 2.27 bits per heavy atom. The molecule has 0 aliphatic rings. The summed E-state index contributed by atoms with van der Waals surface area (Å²) in [6.07, 6.45) is 0. The minimum Gasteiger partial charge on any atom is -0.496 e. The van der Waals surface area contributed by atoms with Crippen molar-refractivity contribution in [3.8, 4) is 16.3 Å². The summed E-state index contributed by atoms with van der Waals surface area (Å²) in [6, 6.07) is 5.49. The third-order valence-corrected chi connectivity index (χ3v) is 3.69. The molecule has 2 nitrogen and oxygen atoms in total. The second-order valence-corrected chi connectivity index (χ2v) is 4.93.